The van der Waals surface area contributed by atoms with E-state index in [1.165, 1.54) is 24.1 Å². The van der Waals surface area contributed by atoms with Crippen LogP contribution in [0.4, 0.5) is 9.18 Å². The van der Waals surface area contributed by atoms with Crippen LogP contribution in [0.1, 0.15) is 36.2 Å². The number of amides is 3. The highest BCUT2D eigenvalue weighted by Gasteiger charge is 2.60. The minimum Gasteiger partial charge on any atom is -0.508 e. The molecule has 0 radical (unpaired) electrons. The van der Waals surface area contributed by atoms with Crippen molar-refractivity contribution in [1.29, 1.82) is 0 Å². The number of aromatic amines is 1. The van der Waals surface area contributed by atoms with Gasteiger partial charge in [-0.15, -0.1) is 11.6 Å². The number of rotatable bonds is 5. The Balaban J connectivity index is 1.77. The molecule has 3 amide bonds. The maximum Gasteiger partial charge on any atom is 0.328 e. The first kappa shape index (κ1) is 21.6. The topological polar surface area (TPSA) is 85.9 Å². The van der Waals surface area contributed by atoms with Crippen molar-refractivity contribution in [3.63, 3.8) is 0 Å². The molecule has 0 unspecified atom stereocenters. The highest BCUT2D eigenvalue weighted by atomic mass is 35.5. The van der Waals surface area contributed by atoms with Crippen molar-refractivity contribution in [2.24, 2.45) is 0 Å². The van der Waals surface area contributed by atoms with Gasteiger partial charge < -0.3 is 14.8 Å². The van der Waals surface area contributed by atoms with Gasteiger partial charge in [-0.2, -0.15) is 0 Å². The monoisotopic (exact) mass is 471 g/mol. The fourth-order valence-electron chi connectivity index (χ4n) is 5.16. The van der Waals surface area contributed by atoms with E-state index in [0.29, 0.717) is 40.0 Å². The third-order valence-corrected chi connectivity index (χ3v) is 6.92. The van der Waals surface area contributed by atoms with Crippen molar-refractivity contribution in [2.75, 3.05) is 19.5 Å². The van der Waals surface area contributed by atoms with Crippen molar-refractivity contribution in [2.45, 2.75) is 31.3 Å². The quantitative estimate of drug-likeness (QED) is 0.428. The molecule has 0 aliphatic carbocycles. The molecule has 2 atom stereocenters. The van der Waals surface area contributed by atoms with Crippen molar-refractivity contribution in [1.82, 2.24) is 14.8 Å². The molecule has 3 heterocycles. The number of ether oxygens (including phenoxy) is 1. The molecule has 172 valence electrons. The summed E-state index contributed by atoms with van der Waals surface area (Å²) in [6.07, 6.45) is 0.615. The zero-order valence-electron chi connectivity index (χ0n) is 18.2. The Morgan fingerprint density at radius 3 is 2.79 bits per heavy atom. The van der Waals surface area contributed by atoms with Gasteiger partial charge in [-0.3, -0.25) is 14.6 Å². The van der Waals surface area contributed by atoms with E-state index < -0.39 is 23.4 Å². The van der Waals surface area contributed by atoms with Gasteiger partial charge in [-0.25, -0.2) is 9.18 Å². The van der Waals surface area contributed by atoms with Crippen LogP contribution in [-0.2, 0) is 11.2 Å². The van der Waals surface area contributed by atoms with E-state index in [1.54, 1.807) is 36.1 Å². The average molecular weight is 472 g/mol. The minimum atomic E-state index is -1.23. The number of phenols is 1. The first-order chi connectivity index (χ1) is 15.8. The third-order valence-electron chi connectivity index (χ3n) is 6.65. The fraction of sp³-hybridized carbons (Fsp3) is 0.333. The Morgan fingerprint density at radius 2 is 2.09 bits per heavy atom. The smallest absolute Gasteiger partial charge is 0.328 e. The van der Waals surface area contributed by atoms with Gasteiger partial charge in [-0.05, 0) is 48.7 Å². The number of nitrogens with zero attached hydrogens (tertiary/aromatic N) is 2. The van der Waals surface area contributed by atoms with Crippen LogP contribution in [0.25, 0.3) is 10.9 Å². The van der Waals surface area contributed by atoms with E-state index in [9.17, 15) is 14.7 Å². The molecule has 2 aromatic carbocycles. The van der Waals surface area contributed by atoms with Crippen LogP contribution in [0.2, 0.25) is 0 Å². The van der Waals surface area contributed by atoms with Crippen LogP contribution in [0.15, 0.2) is 36.4 Å². The van der Waals surface area contributed by atoms with Gasteiger partial charge in [-0.1, -0.05) is 12.1 Å². The molecule has 0 bridgehead atoms. The van der Waals surface area contributed by atoms with Crippen LogP contribution in [0, 0.1) is 5.82 Å². The molecule has 2 aliphatic heterocycles. The number of halogens is 2. The van der Waals surface area contributed by atoms with Crippen molar-refractivity contribution < 1.29 is 23.8 Å². The van der Waals surface area contributed by atoms with Crippen LogP contribution in [0.3, 0.4) is 0 Å². The summed E-state index contributed by atoms with van der Waals surface area (Å²) in [5, 5.41) is 10.5. The van der Waals surface area contributed by atoms with Gasteiger partial charge >= 0.3 is 6.03 Å². The normalized spacial score (nSPS) is 22.1. The van der Waals surface area contributed by atoms with Gasteiger partial charge in [0, 0.05) is 35.4 Å². The van der Waals surface area contributed by atoms with Gasteiger partial charge in [0.1, 0.15) is 17.3 Å². The zero-order chi connectivity index (χ0) is 23.5. The number of imide groups is 1. The molecule has 2 N–H and O–H groups in total. The number of aromatic nitrogens is 1. The summed E-state index contributed by atoms with van der Waals surface area (Å²) in [6.45, 7) is 1.92. The summed E-state index contributed by atoms with van der Waals surface area (Å²) in [6, 6.07) is 8.66. The number of nitrogens with one attached hydrogen (secondary N) is 1. The first-order valence-electron chi connectivity index (χ1n) is 10.7. The highest BCUT2D eigenvalue weighted by Crippen LogP contribution is 2.49. The van der Waals surface area contributed by atoms with Crippen molar-refractivity contribution in [3.8, 4) is 11.5 Å². The maximum absolute atomic E-state index is 15.4. The number of phenolic OH excluding ortho intramolecular Hbond substituents is 1. The lowest BCUT2D eigenvalue weighted by molar-refractivity contribution is -0.133. The number of aromatic hydroxyl groups is 1. The summed E-state index contributed by atoms with van der Waals surface area (Å²) in [4.78, 5) is 33.1. The summed E-state index contributed by atoms with van der Waals surface area (Å²) in [7, 11) is 1.40. The van der Waals surface area contributed by atoms with Crippen molar-refractivity contribution in [3.05, 3.63) is 59.0 Å². The molecule has 1 aromatic heterocycles. The molecule has 0 saturated carbocycles. The second kappa shape index (κ2) is 7.66. The fourth-order valence-corrected chi connectivity index (χ4v) is 5.28. The second-order valence-electron chi connectivity index (χ2n) is 8.62. The highest BCUT2D eigenvalue weighted by molar-refractivity contribution is 6.18. The van der Waals surface area contributed by atoms with E-state index in [2.05, 4.69) is 4.98 Å². The number of fused-ring (bicyclic) bond motifs is 4. The Labute approximate surface area is 194 Å². The SMILES string of the molecule is COc1ccc2[nH]c3c(c2c1F)C[C@@]1(C)C(=O)N(CCCCl)C(=O)N1[C@@H]3c1cccc(O)c1. The zero-order valence-corrected chi connectivity index (χ0v) is 18.9. The summed E-state index contributed by atoms with van der Waals surface area (Å²) in [5.41, 5.74) is 1.17. The standard InChI is InChI=1S/C24H23ClFN3O4/c1-24-12-15-18-16(7-8-17(33-2)19(18)26)27-20(15)21(13-5-3-6-14(30)11-13)29(24)23(32)28(22(24)31)10-4-9-25/h3,5-8,11,21,27,30H,4,9-10,12H2,1-2H3/t21-,24+/m1/s1. The number of hydrogen-bond donors (Lipinski definition) is 2. The number of carbonyl (C=O) groups excluding carboxylic acids is 2. The molecular formula is C24H23ClFN3O4. The number of benzene rings is 2. The maximum atomic E-state index is 15.4. The van der Waals surface area contributed by atoms with E-state index in [0.717, 1.165) is 0 Å². The molecule has 1 saturated heterocycles. The predicted octanol–water partition coefficient (Wildman–Crippen LogP) is 4.32. The third kappa shape index (κ3) is 3.00. The molecule has 2 aliphatic rings. The Kier molecular flexibility index (Phi) is 5.01. The Hall–Kier alpha value is -3.26. The van der Waals surface area contributed by atoms with E-state index >= 15 is 4.39 Å². The largest absolute Gasteiger partial charge is 0.508 e. The lowest BCUT2D eigenvalue weighted by Gasteiger charge is -2.42. The van der Waals surface area contributed by atoms with Gasteiger partial charge in [0.05, 0.1) is 7.11 Å². The van der Waals surface area contributed by atoms with Gasteiger partial charge in [0.2, 0.25) is 0 Å². The summed E-state index contributed by atoms with van der Waals surface area (Å²) >= 11 is 5.82. The number of carbonyl (C=O) groups is 2. The molecule has 1 fully saturated rings. The molecule has 9 heteroatoms. The number of alkyl halides is 1. The molecule has 33 heavy (non-hydrogen) atoms. The summed E-state index contributed by atoms with van der Waals surface area (Å²) < 4.78 is 20.6. The molecule has 7 nitrogen and oxygen atoms in total. The average Bonchev–Trinajstić information content (AvgIpc) is 3.24. The van der Waals surface area contributed by atoms with Gasteiger partial charge in [0.25, 0.3) is 5.91 Å². The molecule has 5 rings (SSSR count). The Bertz CT molecular complexity index is 1290. The van der Waals surface area contributed by atoms with Crippen LogP contribution >= 0.6 is 11.6 Å². The molecule has 3 aromatic rings. The molecule has 0 spiro atoms. The number of hydrogen-bond acceptors (Lipinski definition) is 4. The van der Waals surface area contributed by atoms with E-state index in [-0.39, 0.29) is 30.4 Å². The molecular weight excluding hydrogens is 449 g/mol. The first-order valence-corrected chi connectivity index (χ1v) is 11.2. The van der Waals surface area contributed by atoms with Gasteiger partial charge in [0.15, 0.2) is 11.6 Å². The minimum absolute atomic E-state index is 0.0299. The number of urea groups is 1. The summed E-state index contributed by atoms with van der Waals surface area (Å²) in [5.74, 6) is -0.412. The lowest BCUT2D eigenvalue weighted by atomic mass is 9.81. The lowest BCUT2D eigenvalue weighted by Crippen LogP contribution is -2.53. The van der Waals surface area contributed by atoms with Crippen LogP contribution in [0.5, 0.6) is 11.5 Å². The predicted molar refractivity (Wildman–Crippen MR) is 121 cm³/mol. The van der Waals surface area contributed by atoms with Crippen molar-refractivity contribution >= 4 is 34.4 Å². The number of H-pyrrole nitrogens is 1. The second-order valence-corrected chi connectivity index (χ2v) is 9.00. The van der Waals surface area contributed by atoms with E-state index in [4.69, 9.17) is 16.3 Å². The number of methoxy groups -OCH3 is 1. The van der Waals surface area contributed by atoms with Crippen LogP contribution in [-0.4, -0.2) is 56.9 Å². The Morgan fingerprint density at radius 1 is 1.30 bits per heavy atom. The van der Waals surface area contributed by atoms with E-state index in [1.807, 2.05) is 0 Å². The van der Waals surface area contributed by atoms with Crippen LogP contribution < -0.4 is 4.74 Å².